The maximum atomic E-state index is 6.13. The number of nitrogens with two attached hydrogens (primary N) is 1. The van der Waals surface area contributed by atoms with Crippen LogP contribution in [0.1, 0.15) is 11.1 Å². The second-order valence-electron chi connectivity index (χ2n) is 4.28. The van der Waals surface area contributed by atoms with Gasteiger partial charge in [-0.1, -0.05) is 29.3 Å². The Morgan fingerprint density at radius 2 is 1.56 bits per heavy atom. The fraction of sp³-hybridized carbons (Fsp3) is 0.143. The average Bonchev–Trinajstić information content (AvgIpc) is 2.28. The Balaban J connectivity index is 2.37. The summed E-state index contributed by atoms with van der Waals surface area (Å²) in [7, 11) is 0. The summed E-state index contributed by atoms with van der Waals surface area (Å²) in [6.45, 7) is 4.13. The number of anilines is 3. The van der Waals surface area contributed by atoms with Crippen LogP contribution >= 0.6 is 23.2 Å². The van der Waals surface area contributed by atoms with Gasteiger partial charge in [-0.05, 0) is 49.2 Å². The fourth-order valence-corrected chi connectivity index (χ4v) is 2.27. The van der Waals surface area contributed by atoms with E-state index in [1.165, 1.54) is 11.1 Å². The second kappa shape index (κ2) is 5.09. The standard InChI is InChI=1S/C14H14Cl2N2/c1-8-3-4-11(5-9(8)2)18-14-12(15)6-10(17)7-13(14)16/h3-7,18H,17H2,1-2H3. The Morgan fingerprint density at radius 1 is 0.944 bits per heavy atom. The SMILES string of the molecule is Cc1ccc(Nc2c(Cl)cc(N)cc2Cl)cc1C. The molecule has 2 nitrogen and oxygen atoms in total. The fourth-order valence-electron chi connectivity index (χ4n) is 1.68. The zero-order chi connectivity index (χ0) is 13.3. The number of nitrogen functional groups attached to an aromatic ring is 1. The molecule has 2 aromatic rings. The molecule has 0 aliphatic rings. The van der Waals surface area contributed by atoms with Crippen LogP contribution in [0.15, 0.2) is 30.3 Å². The molecule has 0 spiro atoms. The summed E-state index contributed by atoms with van der Waals surface area (Å²) in [6.07, 6.45) is 0. The van der Waals surface area contributed by atoms with Crippen molar-refractivity contribution in [1.29, 1.82) is 0 Å². The van der Waals surface area contributed by atoms with Crippen molar-refractivity contribution in [2.24, 2.45) is 0 Å². The van der Waals surface area contributed by atoms with Crippen LogP contribution in [0, 0.1) is 13.8 Å². The highest BCUT2D eigenvalue weighted by atomic mass is 35.5. The molecule has 0 unspecified atom stereocenters. The Morgan fingerprint density at radius 3 is 2.11 bits per heavy atom. The Bertz CT molecular complexity index is 571. The highest BCUT2D eigenvalue weighted by Crippen LogP contribution is 2.35. The molecule has 0 aliphatic carbocycles. The van der Waals surface area contributed by atoms with Crippen LogP contribution in [0.25, 0.3) is 0 Å². The van der Waals surface area contributed by atoms with Crippen molar-refractivity contribution in [3.63, 3.8) is 0 Å². The van der Waals surface area contributed by atoms with Crippen LogP contribution in [0.5, 0.6) is 0 Å². The minimum atomic E-state index is 0.512. The predicted octanol–water partition coefficient (Wildman–Crippen LogP) is 4.94. The minimum absolute atomic E-state index is 0.512. The first-order chi connectivity index (χ1) is 8.47. The van der Waals surface area contributed by atoms with Crippen LogP contribution in [0.3, 0.4) is 0 Å². The number of aryl methyl sites for hydroxylation is 2. The average molecular weight is 281 g/mol. The van der Waals surface area contributed by atoms with Crippen molar-refractivity contribution in [3.05, 3.63) is 51.5 Å². The molecule has 2 rings (SSSR count). The summed E-state index contributed by atoms with van der Waals surface area (Å²) in [5.41, 5.74) is 10.3. The lowest BCUT2D eigenvalue weighted by molar-refractivity contribution is 1.34. The first-order valence-corrected chi connectivity index (χ1v) is 6.32. The quantitative estimate of drug-likeness (QED) is 0.765. The number of halogens is 2. The summed E-state index contributed by atoms with van der Waals surface area (Å²) in [4.78, 5) is 0. The number of hydrogen-bond acceptors (Lipinski definition) is 2. The summed E-state index contributed by atoms with van der Waals surface area (Å²) in [6, 6.07) is 9.45. The molecule has 0 amide bonds. The van der Waals surface area contributed by atoms with E-state index in [2.05, 4.69) is 31.3 Å². The molecule has 0 aromatic heterocycles. The van der Waals surface area contributed by atoms with Crippen LogP contribution in [0.2, 0.25) is 10.0 Å². The van der Waals surface area contributed by atoms with E-state index in [1.807, 2.05) is 6.07 Å². The topological polar surface area (TPSA) is 38.0 Å². The first kappa shape index (κ1) is 13.1. The van der Waals surface area contributed by atoms with E-state index in [0.717, 1.165) is 5.69 Å². The van der Waals surface area contributed by atoms with Gasteiger partial charge in [0.1, 0.15) is 0 Å². The van der Waals surface area contributed by atoms with E-state index in [0.29, 0.717) is 21.4 Å². The van der Waals surface area contributed by atoms with E-state index < -0.39 is 0 Å². The molecule has 0 aliphatic heterocycles. The molecule has 0 saturated carbocycles. The second-order valence-corrected chi connectivity index (χ2v) is 5.10. The van der Waals surface area contributed by atoms with E-state index in [4.69, 9.17) is 28.9 Å². The lowest BCUT2D eigenvalue weighted by Crippen LogP contribution is -1.95. The molecular weight excluding hydrogens is 267 g/mol. The third kappa shape index (κ3) is 2.71. The van der Waals surface area contributed by atoms with Crippen molar-refractivity contribution in [3.8, 4) is 0 Å². The zero-order valence-electron chi connectivity index (χ0n) is 10.2. The summed E-state index contributed by atoms with van der Waals surface area (Å²) in [5, 5.41) is 4.24. The molecule has 0 fully saturated rings. The summed E-state index contributed by atoms with van der Waals surface area (Å²) in [5.74, 6) is 0. The van der Waals surface area contributed by atoms with Crippen LogP contribution in [-0.4, -0.2) is 0 Å². The lowest BCUT2D eigenvalue weighted by atomic mass is 10.1. The molecule has 0 heterocycles. The maximum absolute atomic E-state index is 6.13. The molecule has 0 bridgehead atoms. The highest BCUT2D eigenvalue weighted by molar-refractivity contribution is 6.39. The summed E-state index contributed by atoms with van der Waals surface area (Å²) < 4.78 is 0. The van der Waals surface area contributed by atoms with Gasteiger partial charge >= 0.3 is 0 Å². The molecule has 2 aromatic carbocycles. The van der Waals surface area contributed by atoms with Gasteiger partial charge in [0, 0.05) is 11.4 Å². The number of nitrogens with one attached hydrogen (secondary N) is 1. The van der Waals surface area contributed by atoms with Crippen molar-refractivity contribution in [2.75, 3.05) is 11.1 Å². The Labute approximate surface area is 117 Å². The van der Waals surface area contributed by atoms with Gasteiger partial charge in [-0.15, -0.1) is 0 Å². The van der Waals surface area contributed by atoms with Gasteiger partial charge in [0.05, 0.1) is 15.7 Å². The van der Waals surface area contributed by atoms with Crippen molar-refractivity contribution in [2.45, 2.75) is 13.8 Å². The van der Waals surface area contributed by atoms with E-state index in [-0.39, 0.29) is 0 Å². The Hall–Kier alpha value is -1.38. The molecule has 18 heavy (non-hydrogen) atoms. The summed E-state index contributed by atoms with van der Waals surface area (Å²) >= 11 is 12.3. The van der Waals surface area contributed by atoms with Crippen molar-refractivity contribution in [1.82, 2.24) is 0 Å². The molecule has 94 valence electrons. The van der Waals surface area contributed by atoms with Crippen molar-refractivity contribution < 1.29 is 0 Å². The van der Waals surface area contributed by atoms with Crippen LogP contribution in [-0.2, 0) is 0 Å². The third-order valence-electron chi connectivity index (χ3n) is 2.84. The van der Waals surface area contributed by atoms with Crippen LogP contribution < -0.4 is 11.1 Å². The van der Waals surface area contributed by atoms with Crippen LogP contribution in [0.4, 0.5) is 17.1 Å². The smallest absolute Gasteiger partial charge is 0.0764 e. The highest BCUT2D eigenvalue weighted by Gasteiger charge is 2.08. The van der Waals surface area contributed by atoms with Gasteiger partial charge in [0.2, 0.25) is 0 Å². The molecular formula is C14H14Cl2N2. The van der Waals surface area contributed by atoms with Gasteiger partial charge in [-0.3, -0.25) is 0 Å². The van der Waals surface area contributed by atoms with Crippen molar-refractivity contribution >= 4 is 40.3 Å². The number of rotatable bonds is 2. The predicted molar refractivity (Wildman–Crippen MR) is 80.1 cm³/mol. The molecule has 0 radical (unpaired) electrons. The minimum Gasteiger partial charge on any atom is -0.399 e. The monoisotopic (exact) mass is 280 g/mol. The third-order valence-corrected chi connectivity index (χ3v) is 3.44. The van der Waals surface area contributed by atoms with E-state index >= 15 is 0 Å². The molecule has 3 N–H and O–H groups in total. The molecule has 0 atom stereocenters. The zero-order valence-corrected chi connectivity index (χ0v) is 11.7. The normalized spacial score (nSPS) is 10.4. The van der Waals surface area contributed by atoms with E-state index in [1.54, 1.807) is 12.1 Å². The Kier molecular flexibility index (Phi) is 3.69. The van der Waals surface area contributed by atoms with Gasteiger partial charge in [0.15, 0.2) is 0 Å². The lowest BCUT2D eigenvalue weighted by Gasteiger charge is -2.12. The molecule has 0 saturated heterocycles. The van der Waals surface area contributed by atoms with Gasteiger partial charge in [0.25, 0.3) is 0 Å². The maximum Gasteiger partial charge on any atom is 0.0764 e. The van der Waals surface area contributed by atoms with Gasteiger partial charge < -0.3 is 11.1 Å². The molecule has 4 heteroatoms. The number of hydrogen-bond donors (Lipinski definition) is 2. The number of benzene rings is 2. The largest absolute Gasteiger partial charge is 0.399 e. The first-order valence-electron chi connectivity index (χ1n) is 5.56. The van der Waals surface area contributed by atoms with Gasteiger partial charge in [-0.2, -0.15) is 0 Å². The van der Waals surface area contributed by atoms with E-state index in [9.17, 15) is 0 Å². The van der Waals surface area contributed by atoms with Gasteiger partial charge in [-0.25, -0.2) is 0 Å².